The number of benzene rings is 1. The van der Waals surface area contributed by atoms with Gasteiger partial charge < -0.3 is 20.4 Å². The average Bonchev–Trinajstić information content (AvgIpc) is 2.32. The summed E-state index contributed by atoms with van der Waals surface area (Å²) in [5, 5.41) is 19.8. The number of hydrogen-bond donors (Lipinski definition) is 3. The second kappa shape index (κ2) is 6.90. The van der Waals surface area contributed by atoms with Gasteiger partial charge in [-0.25, -0.2) is 4.79 Å². The molecule has 0 bridgehead atoms. The molecule has 1 aromatic rings. The predicted octanol–water partition coefficient (Wildman–Crippen LogP) is 1.76. The number of carboxylic acid groups (broad SMARTS) is 2. The van der Waals surface area contributed by atoms with Gasteiger partial charge in [-0.2, -0.15) is 0 Å². The van der Waals surface area contributed by atoms with Crippen molar-refractivity contribution in [3.63, 3.8) is 0 Å². The number of halogens is 1. The summed E-state index contributed by atoms with van der Waals surface area (Å²) in [5.41, 5.74) is 1.34. The molecule has 3 N–H and O–H groups in total. The van der Waals surface area contributed by atoms with Crippen molar-refractivity contribution in [3.8, 4) is 0 Å². The Hall–Kier alpha value is -2.09. The molecule has 0 atom stereocenters. The van der Waals surface area contributed by atoms with Crippen LogP contribution in [0.5, 0.6) is 0 Å². The van der Waals surface area contributed by atoms with Gasteiger partial charge in [-0.05, 0) is 30.7 Å². The quantitative estimate of drug-likeness (QED) is 0.754. The molecule has 0 aliphatic heterocycles. The molecule has 108 valence electrons. The van der Waals surface area contributed by atoms with E-state index in [2.05, 4.69) is 21.2 Å². The highest BCUT2D eigenvalue weighted by Crippen LogP contribution is 2.20. The number of amides is 2. The topological polar surface area (TPSA) is 107 Å². The zero-order valence-corrected chi connectivity index (χ0v) is 12.2. The van der Waals surface area contributed by atoms with E-state index in [-0.39, 0.29) is 0 Å². The first-order chi connectivity index (χ1) is 9.29. The lowest BCUT2D eigenvalue weighted by molar-refractivity contribution is -0.140. The van der Waals surface area contributed by atoms with Gasteiger partial charge in [-0.15, -0.1) is 0 Å². The summed E-state index contributed by atoms with van der Waals surface area (Å²) in [7, 11) is 0. The lowest BCUT2D eigenvalue weighted by Gasteiger charge is -2.19. The van der Waals surface area contributed by atoms with E-state index in [0.717, 1.165) is 10.0 Å². The molecule has 2 amide bonds. The Morgan fingerprint density at radius 2 is 1.75 bits per heavy atom. The summed E-state index contributed by atoms with van der Waals surface area (Å²) < 4.78 is 0.864. The maximum Gasteiger partial charge on any atom is 0.323 e. The van der Waals surface area contributed by atoms with Crippen molar-refractivity contribution in [2.75, 3.05) is 18.4 Å². The van der Waals surface area contributed by atoms with E-state index >= 15 is 0 Å². The van der Waals surface area contributed by atoms with Crippen LogP contribution >= 0.6 is 15.9 Å². The lowest BCUT2D eigenvalue weighted by Crippen LogP contribution is -2.41. The van der Waals surface area contributed by atoms with Crippen LogP contribution in [0.15, 0.2) is 22.7 Å². The van der Waals surface area contributed by atoms with Crippen molar-refractivity contribution in [1.29, 1.82) is 0 Å². The molecule has 0 aliphatic rings. The summed E-state index contributed by atoms with van der Waals surface area (Å²) in [4.78, 5) is 33.8. The van der Waals surface area contributed by atoms with E-state index in [9.17, 15) is 14.4 Å². The molecule has 0 saturated carbocycles. The van der Waals surface area contributed by atoms with E-state index in [1.54, 1.807) is 18.2 Å². The lowest BCUT2D eigenvalue weighted by atomic mass is 10.2. The van der Waals surface area contributed by atoms with Crippen molar-refractivity contribution in [2.24, 2.45) is 0 Å². The molecule has 0 radical (unpaired) electrons. The van der Waals surface area contributed by atoms with Gasteiger partial charge in [0.25, 0.3) is 0 Å². The van der Waals surface area contributed by atoms with Gasteiger partial charge in [0, 0.05) is 10.2 Å². The minimum absolute atomic E-state index is 0.455. The summed E-state index contributed by atoms with van der Waals surface area (Å²) in [6.07, 6.45) is 0. The second-order valence-corrected chi connectivity index (χ2v) is 4.89. The van der Waals surface area contributed by atoms with E-state index in [0.29, 0.717) is 10.6 Å². The molecule has 8 heteroatoms. The molecule has 0 aromatic heterocycles. The van der Waals surface area contributed by atoms with Crippen LogP contribution in [0, 0.1) is 6.92 Å². The highest BCUT2D eigenvalue weighted by Gasteiger charge is 2.19. The van der Waals surface area contributed by atoms with Gasteiger partial charge in [0.1, 0.15) is 13.1 Å². The monoisotopic (exact) mass is 344 g/mol. The fraction of sp³-hybridized carbons (Fsp3) is 0.250. The third-order valence-corrected chi connectivity index (χ3v) is 3.24. The number of carboxylic acids is 2. The Balaban J connectivity index is 2.81. The predicted molar refractivity (Wildman–Crippen MR) is 74.7 cm³/mol. The molecule has 0 heterocycles. The minimum Gasteiger partial charge on any atom is -0.480 e. The van der Waals surface area contributed by atoms with Crippen LogP contribution in [0.3, 0.4) is 0 Å². The van der Waals surface area contributed by atoms with Gasteiger partial charge in [-0.3, -0.25) is 9.59 Å². The van der Waals surface area contributed by atoms with Crippen LogP contribution in [0.4, 0.5) is 10.5 Å². The van der Waals surface area contributed by atoms with E-state index in [4.69, 9.17) is 10.2 Å². The number of urea groups is 1. The van der Waals surface area contributed by atoms with Gasteiger partial charge in [0.15, 0.2) is 0 Å². The summed E-state index contributed by atoms with van der Waals surface area (Å²) in [6, 6.07) is 4.25. The normalized spacial score (nSPS) is 9.90. The molecular formula is C12H13BrN2O5. The third-order valence-electron chi connectivity index (χ3n) is 2.35. The van der Waals surface area contributed by atoms with Gasteiger partial charge >= 0.3 is 18.0 Å². The molecular weight excluding hydrogens is 332 g/mol. The molecule has 1 rings (SSSR count). The van der Waals surface area contributed by atoms with E-state index in [1.165, 1.54) is 0 Å². The third kappa shape index (κ3) is 4.88. The minimum atomic E-state index is -1.28. The van der Waals surface area contributed by atoms with Crippen molar-refractivity contribution in [3.05, 3.63) is 28.2 Å². The molecule has 7 nitrogen and oxygen atoms in total. The van der Waals surface area contributed by atoms with Crippen LogP contribution in [-0.2, 0) is 9.59 Å². The highest BCUT2D eigenvalue weighted by atomic mass is 79.9. The number of aryl methyl sites for hydroxylation is 1. The van der Waals surface area contributed by atoms with Gasteiger partial charge in [-0.1, -0.05) is 15.9 Å². The van der Waals surface area contributed by atoms with Crippen molar-refractivity contribution in [2.45, 2.75) is 6.92 Å². The maximum atomic E-state index is 11.9. The molecule has 20 heavy (non-hydrogen) atoms. The number of nitrogens with zero attached hydrogens (tertiary/aromatic N) is 1. The summed E-state index contributed by atoms with van der Waals surface area (Å²) in [6.45, 7) is 0.452. The van der Waals surface area contributed by atoms with Crippen LogP contribution in [0.2, 0.25) is 0 Å². The SMILES string of the molecule is Cc1cc(NC(=O)N(CC(=O)O)CC(=O)O)ccc1Br. The van der Waals surface area contributed by atoms with Crippen LogP contribution in [0.1, 0.15) is 5.56 Å². The zero-order chi connectivity index (χ0) is 15.3. The Morgan fingerprint density at radius 3 is 2.20 bits per heavy atom. The smallest absolute Gasteiger partial charge is 0.323 e. The van der Waals surface area contributed by atoms with E-state index < -0.39 is 31.1 Å². The highest BCUT2D eigenvalue weighted by molar-refractivity contribution is 9.10. The summed E-state index contributed by atoms with van der Waals surface area (Å²) >= 11 is 3.31. The fourth-order valence-corrected chi connectivity index (χ4v) is 1.70. The molecule has 0 fully saturated rings. The van der Waals surface area contributed by atoms with Gasteiger partial charge in [0.05, 0.1) is 0 Å². The fourth-order valence-electron chi connectivity index (χ4n) is 1.45. The van der Waals surface area contributed by atoms with E-state index in [1.807, 2.05) is 6.92 Å². The number of carbonyl (C=O) groups excluding carboxylic acids is 1. The Bertz CT molecular complexity index is 531. The van der Waals surface area contributed by atoms with Crippen molar-refractivity contribution in [1.82, 2.24) is 4.90 Å². The Labute approximate surface area is 123 Å². The van der Waals surface area contributed by atoms with Crippen LogP contribution in [0.25, 0.3) is 0 Å². The number of aliphatic carboxylic acids is 2. The number of hydrogen-bond acceptors (Lipinski definition) is 3. The van der Waals surface area contributed by atoms with Crippen molar-refractivity contribution >= 4 is 39.6 Å². The molecule has 0 saturated heterocycles. The first-order valence-electron chi connectivity index (χ1n) is 5.55. The van der Waals surface area contributed by atoms with Gasteiger partial charge in [0.2, 0.25) is 0 Å². The first-order valence-corrected chi connectivity index (χ1v) is 6.34. The number of anilines is 1. The summed E-state index contributed by atoms with van der Waals surface area (Å²) in [5.74, 6) is -2.57. The Kier molecular flexibility index (Phi) is 5.51. The molecule has 0 aliphatic carbocycles. The first kappa shape index (κ1) is 16.0. The number of rotatable bonds is 5. The molecule has 1 aromatic carbocycles. The van der Waals surface area contributed by atoms with Crippen molar-refractivity contribution < 1.29 is 24.6 Å². The van der Waals surface area contributed by atoms with Crippen LogP contribution in [-0.4, -0.2) is 46.2 Å². The Morgan fingerprint density at radius 1 is 1.20 bits per heavy atom. The number of carbonyl (C=O) groups is 3. The maximum absolute atomic E-state index is 11.9. The largest absolute Gasteiger partial charge is 0.480 e. The number of nitrogens with one attached hydrogen (secondary N) is 1. The molecule has 0 unspecified atom stereocenters. The second-order valence-electron chi connectivity index (χ2n) is 4.04. The average molecular weight is 345 g/mol. The van der Waals surface area contributed by atoms with Crippen LogP contribution < -0.4 is 5.32 Å². The molecule has 0 spiro atoms. The zero-order valence-electron chi connectivity index (χ0n) is 10.6. The standard InChI is InChI=1S/C12H13BrN2O5/c1-7-4-8(2-3-9(7)13)14-12(20)15(5-10(16)17)6-11(18)19/h2-4H,5-6H2,1H3,(H,14,20)(H,16,17)(H,18,19).